The van der Waals surface area contributed by atoms with Crippen LogP contribution in [-0.4, -0.2) is 28.2 Å². The van der Waals surface area contributed by atoms with Crippen LogP contribution in [0.1, 0.15) is 11.3 Å². The van der Waals surface area contributed by atoms with Crippen molar-refractivity contribution in [2.45, 2.75) is 12.7 Å². The second-order valence-electron chi connectivity index (χ2n) is 6.15. The smallest absolute Gasteiger partial charge is 0.433 e. The zero-order valence-electron chi connectivity index (χ0n) is 14.8. The van der Waals surface area contributed by atoms with E-state index in [0.29, 0.717) is 40.9 Å². The Bertz CT molecular complexity index is 1030. The lowest BCUT2D eigenvalue weighted by molar-refractivity contribution is -0.141. The molecule has 150 valence electrons. The van der Waals surface area contributed by atoms with Gasteiger partial charge in [0.05, 0.1) is 5.02 Å². The van der Waals surface area contributed by atoms with Crippen molar-refractivity contribution in [3.63, 3.8) is 0 Å². The molecule has 3 aromatic rings. The van der Waals surface area contributed by atoms with Crippen LogP contribution in [0.4, 0.5) is 19.0 Å². The molecule has 1 N–H and O–H groups in total. The molecular formula is C19H14ClF3N4O2. The molecule has 1 aliphatic heterocycles. The van der Waals surface area contributed by atoms with Gasteiger partial charge in [0.1, 0.15) is 19.0 Å². The van der Waals surface area contributed by atoms with E-state index >= 15 is 0 Å². The summed E-state index contributed by atoms with van der Waals surface area (Å²) in [5, 5.41) is 3.27. The highest BCUT2D eigenvalue weighted by molar-refractivity contribution is 6.32. The minimum absolute atomic E-state index is 0.0325. The van der Waals surface area contributed by atoms with E-state index in [-0.39, 0.29) is 18.2 Å². The molecule has 0 saturated heterocycles. The van der Waals surface area contributed by atoms with Gasteiger partial charge in [-0.2, -0.15) is 13.2 Å². The maximum Gasteiger partial charge on any atom is 0.433 e. The standard InChI is InChI=1S/C19H14ClF3N4O2/c20-13-7-11(8-14-17(13)29-6-5-28-14)10-25-16-9-15(19(21,22)23)26-18(27-16)12-1-3-24-4-2-12/h1-4,7-9H,5-6,10H2,(H,25,26,27). The van der Waals surface area contributed by atoms with Crippen LogP contribution in [0.15, 0.2) is 42.7 Å². The second kappa shape index (κ2) is 7.75. The van der Waals surface area contributed by atoms with Crippen LogP contribution < -0.4 is 14.8 Å². The Morgan fingerprint density at radius 2 is 1.79 bits per heavy atom. The van der Waals surface area contributed by atoms with Gasteiger partial charge >= 0.3 is 6.18 Å². The van der Waals surface area contributed by atoms with Gasteiger partial charge in [0.25, 0.3) is 0 Å². The molecule has 0 aliphatic carbocycles. The van der Waals surface area contributed by atoms with Crippen LogP contribution in [0.3, 0.4) is 0 Å². The highest BCUT2D eigenvalue weighted by Crippen LogP contribution is 2.38. The number of hydrogen-bond donors (Lipinski definition) is 1. The fourth-order valence-corrected chi connectivity index (χ4v) is 3.06. The summed E-state index contributed by atoms with van der Waals surface area (Å²) in [5.74, 6) is 0.940. The van der Waals surface area contributed by atoms with Crippen LogP contribution in [-0.2, 0) is 12.7 Å². The summed E-state index contributed by atoms with van der Waals surface area (Å²) in [6, 6.07) is 7.34. The van der Waals surface area contributed by atoms with Crippen molar-refractivity contribution in [1.29, 1.82) is 0 Å². The number of anilines is 1. The van der Waals surface area contributed by atoms with Crippen LogP contribution in [0.2, 0.25) is 5.02 Å². The Labute approximate surface area is 168 Å². The number of halogens is 4. The maximum absolute atomic E-state index is 13.3. The number of rotatable bonds is 4. The van der Waals surface area contributed by atoms with Gasteiger partial charge in [0, 0.05) is 30.6 Å². The van der Waals surface area contributed by atoms with E-state index < -0.39 is 11.9 Å². The lowest BCUT2D eigenvalue weighted by atomic mass is 10.2. The molecule has 1 aliphatic rings. The minimum Gasteiger partial charge on any atom is -0.486 e. The molecule has 3 heterocycles. The third-order valence-corrected chi connectivity index (χ3v) is 4.37. The van der Waals surface area contributed by atoms with Gasteiger partial charge in [-0.15, -0.1) is 0 Å². The Hall–Kier alpha value is -3.07. The van der Waals surface area contributed by atoms with Gasteiger partial charge in [-0.25, -0.2) is 9.97 Å². The number of benzene rings is 1. The number of aromatic nitrogens is 3. The first-order valence-electron chi connectivity index (χ1n) is 8.59. The molecule has 29 heavy (non-hydrogen) atoms. The Kier molecular flexibility index (Phi) is 5.14. The number of nitrogens with one attached hydrogen (secondary N) is 1. The lowest BCUT2D eigenvalue weighted by Crippen LogP contribution is -2.16. The van der Waals surface area contributed by atoms with Crippen molar-refractivity contribution >= 4 is 17.4 Å². The number of fused-ring (bicyclic) bond motifs is 1. The van der Waals surface area contributed by atoms with Gasteiger partial charge in [0.2, 0.25) is 0 Å². The SMILES string of the molecule is FC(F)(F)c1cc(NCc2cc(Cl)c3c(c2)OCCO3)nc(-c2ccncc2)n1. The van der Waals surface area contributed by atoms with Crippen molar-refractivity contribution in [3.05, 3.63) is 59.0 Å². The van der Waals surface area contributed by atoms with Gasteiger partial charge < -0.3 is 14.8 Å². The van der Waals surface area contributed by atoms with Gasteiger partial charge in [-0.1, -0.05) is 11.6 Å². The normalized spacial score (nSPS) is 13.2. The highest BCUT2D eigenvalue weighted by atomic mass is 35.5. The molecule has 0 radical (unpaired) electrons. The van der Waals surface area contributed by atoms with Crippen molar-refractivity contribution in [2.75, 3.05) is 18.5 Å². The average molecular weight is 423 g/mol. The predicted molar refractivity (Wildman–Crippen MR) is 100 cm³/mol. The summed E-state index contributed by atoms with van der Waals surface area (Å²) >= 11 is 6.21. The Morgan fingerprint density at radius 1 is 1.03 bits per heavy atom. The first-order valence-corrected chi connectivity index (χ1v) is 8.96. The highest BCUT2D eigenvalue weighted by Gasteiger charge is 2.34. The van der Waals surface area contributed by atoms with Crippen molar-refractivity contribution in [1.82, 2.24) is 15.0 Å². The molecule has 1 aromatic carbocycles. The first kappa shape index (κ1) is 19.3. The first-order chi connectivity index (χ1) is 13.9. The van der Waals surface area contributed by atoms with Crippen LogP contribution in [0.25, 0.3) is 11.4 Å². The molecule has 4 rings (SSSR count). The zero-order chi connectivity index (χ0) is 20.4. The molecule has 10 heteroatoms. The Balaban J connectivity index is 1.62. The summed E-state index contributed by atoms with van der Waals surface area (Å²) < 4.78 is 50.9. The van der Waals surface area contributed by atoms with Crippen LogP contribution in [0.5, 0.6) is 11.5 Å². The average Bonchev–Trinajstić information content (AvgIpc) is 2.72. The molecule has 0 fully saturated rings. The summed E-state index contributed by atoms with van der Waals surface area (Å²) in [6.45, 7) is 0.986. The van der Waals surface area contributed by atoms with E-state index in [9.17, 15) is 13.2 Å². The van der Waals surface area contributed by atoms with E-state index in [1.165, 1.54) is 12.4 Å². The van der Waals surface area contributed by atoms with Gasteiger partial charge in [0.15, 0.2) is 23.0 Å². The molecule has 0 bridgehead atoms. The summed E-state index contributed by atoms with van der Waals surface area (Å²) in [6.07, 6.45) is -1.69. The molecule has 0 amide bonds. The molecule has 0 atom stereocenters. The molecule has 2 aromatic heterocycles. The monoisotopic (exact) mass is 422 g/mol. The second-order valence-corrected chi connectivity index (χ2v) is 6.56. The summed E-state index contributed by atoms with van der Waals surface area (Å²) in [7, 11) is 0. The third kappa shape index (κ3) is 4.34. The Morgan fingerprint density at radius 3 is 2.55 bits per heavy atom. The molecule has 0 saturated carbocycles. The van der Waals surface area contributed by atoms with Gasteiger partial charge in [-0.05, 0) is 29.8 Å². The molecule has 0 spiro atoms. The third-order valence-electron chi connectivity index (χ3n) is 4.09. The van der Waals surface area contributed by atoms with E-state index in [0.717, 1.165) is 6.07 Å². The topological polar surface area (TPSA) is 69.2 Å². The zero-order valence-corrected chi connectivity index (χ0v) is 15.6. The number of alkyl halides is 3. The van der Waals surface area contributed by atoms with E-state index in [2.05, 4.69) is 20.3 Å². The summed E-state index contributed by atoms with van der Waals surface area (Å²) in [5.41, 5.74) is 0.0930. The lowest BCUT2D eigenvalue weighted by Gasteiger charge is -2.20. The number of hydrogen-bond acceptors (Lipinski definition) is 6. The maximum atomic E-state index is 13.3. The van der Waals surface area contributed by atoms with E-state index in [1.54, 1.807) is 24.3 Å². The number of ether oxygens (including phenoxy) is 2. The largest absolute Gasteiger partial charge is 0.486 e. The van der Waals surface area contributed by atoms with E-state index in [1.807, 2.05) is 0 Å². The summed E-state index contributed by atoms with van der Waals surface area (Å²) in [4.78, 5) is 11.7. The molecule has 6 nitrogen and oxygen atoms in total. The van der Waals surface area contributed by atoms with Crippen molar-refractivity contribution < 1.29 is 22.6 Å². The fraction of sp³-hybridized carbons (Fsp3) is 0.211. The van der Waals surface area contributed by atoms with Gasteiger partial charge in [-0.3, -0.25) is 4.98 Å². The number of pyridine rings is 1. The molecule has 0 unspecified atom stereocenters. The number of nitrogens with zero attached hydrogens (tertiary/aromatic N) is 3. The van der Waals surface area contributed by atoms with E-state index in [4.69, 9.17) is 21.1 Å². The minimum atomic E-state index is -4.61. The van der Waals surface area contributed by atoms with Crippen LogP contribution >= 0.6 is 11.6 Å². The quantitative estimate of drug-likeness (QED) is 0.663. The van der Waals surface area contributed by atoms with Crippen molar-refractivity contribution in [3.8, 4) is 22.9 Å². The fourth-order valence-electron chi connectivity index (χ4n) is 2.77. The van der Waals surface area contributed by atoms with Crippen LogP contribution in [0, 0.1) is 0 Å². The predicted octanol–water partition coefficient (Wildman–Crippen LogP) is 4.59. The van der Waals surface area contributed by atoms with Crippen molar-refractivity contribution in [2.24, 2.45) is 0 Å². The molecular weight excluding hydrogens is 409 g/mol.